The van der Waals surface area contributed by atoms with Crippen molar-refractivity contribution in [2.75, 3.05) is 19.6 Å². The molecule has 0 saturated heterocycles. The van der Waals surface area contributed by atoms with E-state index >= 15 is 0 Å². The molecule has 0 bridgehead atoms. The highest BCUT2D eigenvalue weighted by molar-refractivity contribution is 5.75. The van der Waals surface area contributed by atoms with Crippen molar-refractivity contribution in [1.29, 1.82) is 0 Å². The second kappa shape index (κ2) is 7.34. The molecule has 0 fully saturated rings. The number of hydrogen-bond donors (Lipinski definition) is 2. The van der Waals surface area contributed by atoms with E-state index in [2.05, 4.69) is 15.5 Å². The second-order valence-corrected chi connectivity index (χ2v) is 4.09. The molecule has 8 nitrogen and oxygen atoms in total. The SMILES string of the molecule is CCN(CC(C)C(=O)O)C(=O)NCCc1ncno1. The van der Waals surface area contributed by atoms with E-state index in [0.717, 1.165) is 0 Å². The topological polar surface area (TPSA) is 109 Å². The van der Waals surface area contributed by atoms with Crippen LogP contribution in [-0.2, 0) is 11.2 Å². The smallest absolute Gasteiger partial charge is 0.317 e. The number of nitrogens with zero attached hydrogens (tertiary/aromatic N) is 3. The minimum atomic E-state index is -0.919. The van der Waals surface area contributed by atoms with Gasteiger partial charge in [-0.1, -0.05) is 12.1 Å². The van der Waals surface area contributed by atoms with E-state index in [4.69, 9.17) is 9.63 Å². The van der Waals surface area contributed by atoms with Crippen LogP contribution in [0.1, 0.15) is 19.7 Å². The zero-order chi connectivity index (χ0) is 14.3. The van der Waals surface area contributed by atoms with Crippen molar-refractivity contribution in [3.05, 3.63) is 12.2 Å². The number of carbonyl (C=O) groups is 2. The average Bonchev–Trinajstić information content (AvgIpc) is 2.88. The highest BCUT2D eigenvalue weighted by Crippen LogP contribution is 2.01. The highest BCUT2D eigenvalue weighted by Gasteiger charge is 2.18. The Morgan fingerprint density at radius 1 is 1.58 bits per heavy atom. The third-order valence-electron chi connectivity index (χ3n) is 2.61. The van der Waals surface area contributed by atoms with Crippen LogP contribution in [0.15, 0.2) is 10.9 Å². The molecule has 106 valence electrons. The number of rotatable bonds is 7. The van der Waals surface area contributed by atoms with Crippen molar-refractivity contribution in [2.24, 2.45) is 5.92 Å². The first-order valence-corrected chi connectivity index (χ1v) is 6.05. The normalized spacial score (nSPS) is 11.9. The molecule has 2 N–H and O–H groups in total. The summed E-state index contributed by atoms with van der Waals surface area (Å²) < 4.78 is 4.79. The molecule has 0 aliphatic rings. The predicted octanol–water partition coefficient (Wildman–Crippen LogP) is 0.364. The Morgan fingerprint density at radius 3 is 2.84 bits per heavy atom. The number of amides is 2. The van der Waals surface area contributed by atoms with Crippen LogP contribution >= 0.6 is 0 Å². The predicted molar refractivity (Wildman–Crippen MR) is 65.4 cm³/mol. The molecule has 1 heterocycles. The first-order valence-electron chi connectivity index (χ1n) is 6.05. The van der Waals surface area contributed by atoms with Gasteiger partial charge in [-0.05, 0) is 6.92 Å². The van der Waals surface area contributed by atoms with Crippen LogP contribution in [0.2, 0.25) is 0 Å². The monoisotopic (exact) mass is 270 g/mol. The van der Waals surface area contributed by atoms with Gasteiger partial charge in [0.15, 0.2) is 6.33 Å². The zero-order valence-electron chi connectivity index (χ0n) is 11.0. The maximum Gasteiger partial charge on any atom is 0.317 e. The second-order valence-electron chi connectivity index (χ2n) is 4.09. The lowest BCUT2D eigenvalue weighted by molar-refractivity contribution is -0.141. The molecule has 1 atom stereocenters. The summed E-state index contributed by atoms with van der Waals surface area (Å²) in [4.78, 5) is 27.9. The van der Waals surface area contributed by atoms with Crippen molar-refractivity contribution in [1.82, 2.24) is 20.4 Å². The fourth-order valence-corrected chi connectivity index (χ4v) is 1.46. The molecular weight excluding hydrogens is 252 g/mol. The summed E-state index contributed by atoms with van der Waals surface area (Å²) in [5, 5.41) is 15.0. The average molecular weight is 270 g/mol. The fraction of sp³-hybridized carbons (Fsp3) is 0.636. The van der Waals surface area contributed by atoms with Crippen LogP contribution in [0.25, 0.3) is 0 Å². The zero-order valence-corrected chi connectivity index (χ0v) is 11.0. The first kappa shape index (κ1) is 14.9. The quantitative estimate of drug-likeness (QED) is 0.740. The van der Waals surface area contributed by atoms with Gasteiger partial charge >= 0.3 is 12.0 Å². The van der Waals surface area contributed by atoms with Gasteiger partial charge in [-0.25, -0.2) is 4.79 Å². The van der Waals surface area contributed by atoms with Crippen molar-refractivity contribution >= 4 is 12.0 Å². The van der Waals surface area contributed by atoms with E-state index in [9.17, 15) is 9.59 Å². The summed E-state index contributed by atoms with van der Waals surface area (Å²) in [5.74, 6) is -1.07. The van der Waals surface area contributed by atoms with Crippen LogP contribution in [-0.4, -0.2) is 51.8 Å². The van der Waals surface area contributed by atoms with Crippen LogP contribution in [0.4, 0.5) is 4.79 Å². The van der Waals surface area contributed by atoms with Gasteiger partial charge in [0.05, 0.1) is 5.92 Å². The van der Waals surface area contributed by atoms with Gasteiger partial charge in [0, 0.05) is 26.1 Å². The standard InChI is InChI=1S/C11H18N4O4/c1-3-15(6-8(2)10(16)17)11(18)12-5-4-9-13-7-14-19-9/h7-8H,3-6H2,1-2H3,(H,12,18)(H,16,17). The highest BCUT2D eigenvalue weighted by atomic mass is 16.5. The number of urea groups is 1. The van der Waals surface area contributed by atoms with Crippen molar-refractivity contribution < 1.29 is 19.2 Å². The van der Waals surface area contributed by atoms with Gasteiger partial charge in [0.1, 0.15) is 0 Å². The molecule has 2 amide bonds. The van der Waals surface area contributed by atoms with Gasteiger partial charge in [-0.15, -0.1) is 0 Å². The van der Waals surface area contributed by atoms with Gasteiger partial charge in [0.25, 0.3) is 0 Å². The number of aliphatic carboxylic acids is 1. The van der Waals surface area contributed by atoms with Crippen molar-refractivity contribution in [3.63, 3.8) is 0 Å². The molecule has 0 aliphatic heterocycles. The van der Waals surface area contributed by atoms with Crippen LogP contribution in [0, 0.1) is 5.92 Å². The molecular formula is C11H18N4O4. The molecule has 1 rings (SSSR count). The Hall–Kier alpha value is -2.12. The Labute approximate surface area is 110 Å². The Bertz CT molecular complexity index is 407. The van der Waals surface area contributed by atoms with Gasteiger partial charge in [-0.3, -0.25) is 4.79 Å². The number of aromatic nitrogens is 2. The third-order valence-corrected chi connectivity index (χ3v) is 2.61. The summed E-state index contributed by atoms with van der Waals surface area (Å²) in [6.45, 7) is 4.35. The molecule has 1 aromatic rings. The molecule has 0 aromatic carbocycles. The Kier molecular flexibility index (Phi) is 5.77. The molecule has 19 heavy (non-hydrogen) atoms. The van der Waals surface area contributed by atoms with Crippen LogP contribution in [0.5, 0.6) is 0 Å². The maximum atomic E-state index is 11.8. The largest absolute Gasteiger partial charge is 0.481 e. The van der Waals surface area contributed by atoms with E-state index in [-0.39, 0.29) is 12.6 Å². The Morgan fingerprint density at radius 2 is 2.32 bits per heavy atom. The molecule has 0 aliphatic carbocycles. The van der Waals surface area contributed by atoms with Gasteiger partial charge in [0.2, 0.25) is 5.89 Å². The lowest BCUT2D eigenvalue weighted by Gasteiger charge is -2.23. The summed E-state index contributed by atoms with van der Waals surface area (Å²) in [7, 11) is 0. The minimum Gasteiger partial charge on any atom is -0.481 e. The number of carboxylic acids is 1. The van der Waals surface area contributed by atoms with Crippen LogP contribution in [0.3, 0.4) is 0 Å². The van der Waals surface area contributed by atoms with E-state index in [1.165, 1.54) is 11.2 Å². The van der Waals surface area contributed by atoms with Gasteiger partial charge in [-0.2, -0.15) is 4.98 Å². The number of hydrogen-bond acceptors (Lipinski definition) is 5. The summed E-state index contributed by atoms with van der Waals surface area (Å²) in [5.41, 5.74) is 0. The third kappa shape index (κ3) is 4.94. The van der Waals surface area contributed by atoms with E-state index in [0.29, 0.717) is 25.4 Å². The van der Waals surface area contributed by atoms with Gasteiger partial charge < -0.3 is 19.8 Å². The number of carboxylic acid groups (broad SMARTS) is 1. The molecule has 0 saturated carbocycles. The van der Waals surface area contributed by atoms with Crippen molar-refractivity contribution in [3.8, 4) is 0 Å². The Balaban J connectivity index is 2.34. The first-order chi connectivity index (χ1) is 9.04. The maximum absolute atomic E-state index is 11.8. The molecule has 0 radical (unpaired) electrons. The lowest BCUT2D eigenvalue weighted by Crippen LogP contribution is -2.43. The molecule has 0 spiro atoms. The summed E-state index contributed by atoms with van der Waals surface area (Å²) >= 11 is 0. The lowest BCUT2D eigenvalue weighted by atomic mass is 10.2. The van der Waals surface area contributed by atoms with Crippen molar-refractivity contribution in [2.45, 2.75) is 20.3 Å². The molecule has 8 heteroatoms. The summed E-state index contributed by atoms with van der Waals surface area (Å²) in [6, 6.07) is -0.296. The summed E-state index contributed by atoms with van der Waals surface area (Å²) in [6.07, 6.45) is 1.74. The van der Waals surface area contributed by atoms with E-state index in [1.54, 1.807) is 13.8 Å². The molecule has 1 unspecified atom stereocenters. The van der Waals surface area contributed by atoms with E-state index < -0.39 is 11.9 Å². The number of nitrogens with one attached hydrogen (secondary N) is 1. The number of carbonyl (C=O) groups excluding carboxylic acids is 1. The fourth-order valence-electron chi connectivity index (χ4n) is 1.46. The van der Waals surface area contributed by atoms with Crippen LogP contribution < -0.4 is 5.32 Å². The minimum absolute atomic E-state index is 0.179. The molecule has 1 aromatic heterocycles. The van der Waals surface area contributed by atoms with E-state index in [1.807, 2.05) is 0 Å².